The third-order valence-corrected chi connectivity index (χ3v) is 7.43. The van der Waals surface area contributed by atoms with Crippen LogP contribution in [0.1, 0.15) is 11.1 Å². The molecule has 0 unspecified atom stereocenters. The fourth-order valence-corrected chi connectivity index (χ4v) is 5.14. The Labute approximate surface area is 136 Å². The minimum absolute atomic E-state index is 0.273. The summed E-state index contributed by atoms with van der Waals surface area (Å²) in [5.41, 5.74) is 1.70. The molecule has 108 valence electrons. The van der Waals surface area contributed by atoms with Crippen LogP contribution >= 0.6 is 38.9 Å². The van der Waals surface area contributed by atoms with Crippen molar-refractivity contribution in [3.63, 3.8) is 0 Å². The molecule has 0 spiro atoms. The van der Waals surface area contributed by atoms with Crippen molar-refractivity contribution in [1.82, 2.24) is 4.31 Å². The number of hydrogen-bond acceptors (Lipinski definition) is 3. The summed E-state index contributed by atoms with van der Waals surface area (Å²) in [6.07, 6.45) is 0. The normalized spacial score (nSPS) is 12.1. The zero-order valence-electron chi connectivity index (χ0n) is 10.9. The van der Waals surface area contributed by atoms with E-state index in [0.29, 0.717) is 10.9 Å². The summed E-state index contributed by atoms with van der Waals surface area (Å²) in [4.78, 5) is 0. The lowest BCUT2D eigenvalue weighted by Gasteiger charge is -2.16. The quantitative estimate of drug-likeness (QED) is 0.775. The minimum atomic E-state index is -3.51. The van der Waals surface area contributed by atoms with Gasteiger partial charge in [-0.15, -0.1) is 11.3 Å². The van der Waals surface area contributed by atoms with Crippen LogP contribution in [0.3, 0.4) is 0 Å². The molecule has 0 atom stereocenters. The van der Waals surface area contributed by atoms with Crippen LogP contribution in [0.4, 0.5) is 0 Å². The maximum atomic E-state index is 12.5. The second-order valence-corrected chi connectivity index (χ2v) is 9.15. The molecule has 1 aromatic carbocycles. The summed E-state index contributed by atoms with van der Waals surface area (Å²) >= 11 is 10.5. The lowest BCUT2D eigenvalue weighted by Crippen LogP contribution is -2.26. The van der Waals surface area contributed by atoms with E-state index in [4.69, 9.17) is 11.6 Å². The molecular formula is C13H13BrClNO2S2. The third-order valence-electron chi connectivity index (χ3n) is 2.85. The Morgan fingerprint density at radius 1 is 1.35 bits per heavy atom. The number of benzene rings is 1. The number of rotatable bonds is 4. The van der Waals surface area contributed by atoms with Gasteiger partial charge < -0.3 is 0 Å². The highest BCUT2D eigenvalue weighted by molar-refractivity contribution is 9.10. The van der Waals surface area contributed by atoms with E-state index in [1.165, 1.54) is 4.31 Å². The monoisotopic (exact) mass is 393 g/mol. The highest BCUT2D eigenvalue weighted by atomic mass is 79.9. The largest absolute Gasteiger partial charge is 0.252 e. The van der Waals surface area contributed by atoms with Gasteiger partial charge in [0, 0.05) is 18.1 Å². The van der Waals surface area contributed by atoms with Gasteiger partial charge in [-0.1, -0.05) is 45.7 Å². The predicted octanol–water partition coefficient (Wildman–Crippen LogP) is 4.29. The van der Waals surface area contributed by atoms with E-state index in [1.54, 1.807) is 20.0 Å². The van der Waals surface area contributed by atoms with Gasteiger partial charge in [0.15, 0.2) is 0 Å². The maximum absolute atomic E-state index is 12.5. The summed E-state index contributed by atoms with van der Waals surface area (Å²) in [7, 11) is -1.94. The van der Waals surface area contributed by atoms with Gasteiger partial charge in [0.1, 0.15) is 4.21 Å². The van der Waals surface area contributed by atoms with Gasteiger partial charge in [-0.3, -0.25) is 0 Å². The molecule has 0 fully saturated rings. The van der Waals surface area contributed by atoms with Crippen molar-refractivity contribution in [2.75, 3.05) is 7.05 Å². The van der Waals surface area contributed by atoms with E-state index in [1.807, 2.05) is 24.3 Å². The van der Waals surface area contributed by atoms with Crippen LogP contribution in [-0.4, -0.2) is 19.8 Å². The zero-order valence-corrected chi connectivity index (χ0v) is 14.9. The second-order valence-electron chi connectivity index (χ2n) is 4.37. The molecule has 0 aliphatic carbocycles. The Bertz CT molecular complexity index is 708. The molecule has 2 rings (SSSR count). The van der Waals surface area contributed by atoms with Crippen molar-refractivity contribution in [3.05, 3.63) is 50.3 Å². The van der Waals surface area contributed by atoms with Gasteiger partial charge in [-0.25, -0.2) is 8.42 Å². The van der Waals surface area contributed by atoms with Gasteiger partial charge in [0.05, 0.1) is 4.34 Å². The standard InChI is InChI=1S/C13H13BrClNO2S2/c1-9-7-12(19-13(9)15)20(17,18)16(2)8-10-5-3-4-6-11(10)14/h3-7H,8H2,1-2H3. The smallest absolute Gasteiger partial charge is 0.206 e. The zero-order chi connectivity index (χ0) is 14.9. The molecule has 0 bridgehead atoms. The Balaban J connectivity index is 2.28. The highest BCUT2D eigenvalue weighted by Gasteiger charge is 2.24. The number of hydrogen-bond donors (Lipinski definition) is 0. The number of thiophene rings is 1. The molecule has 0 saturated carbocycles. The van der Waals surface area contributed by atoms with E-state index in [9.17, 15) is 8.42 Å². The first-order valence-electron chi connectivity index (χ1n) is 5.78. The average molecular weight is 395 g/mol. The molecule has 0 aliphatic rings. The van der Waals surface area contributed by atoms with Crippen LogP contribution in [0.2, 0.25) is 4.34 Å². The lowest BCUT2D eigenvalue weighted by atomic mass is 10.2. The van der Waals surface area contributed by atoms with Crippen LogP contribution in [0.15, 0.2) is 39.0 Å². The average Bonchev–Trinajstić information content (AvgIpc) is 2.73. The summed E-state index contributed by atoms with van der Waals surface area (Å²) in [5.74, 6) is 0. The molecule has 7 heteroatoms. The van der Waals surface area contributed by atoms with Gasteiger partial charge in [0.25, 0.3) is 10.0 Å². The molecule has 20 heavy (non-hydrogen) atoms. The summed E-state index contributed by atoms with van der Waals surface area (Å²) in [6, 6.07) is 9.17. The molecule has 0 amide bonds. The number of sulfonamides is 1. The lowest BCUT2D eigenvalue weighted by molar-refractivity contribution is 0.468. The molecule has 0 radical (unpaired) electrons. The molecule has 2 aromatic rings. The topological polar surface area (TPSA) is 37.4 Å². The van der Waals surface area contributed by atoms with Crippen LogP contribution in [-0.2, 0) is 16.6 Å². The minimum Gasteiger partial charge on any atom is -0.206 e. The van der Waals surface area contributed by atoms with E-state index >= 15 is 0 Å². The Morgan fingerprint density at radius 3 is 2.55 bits per heavy atom. The van der Waals surface area contributed by atoms with E-state index in [0.717, 1.165) is 26.9 Å². The number of aryl methyl sites for hydroxylation is 1. The molecule has 1 aromatic heterocycles. The van der Waals surface area contributed by atoms with Crippen LogP contribution in [0.5, 0.6) is 0 Å². The van der Waals surface area contributed by atoms with Crippen molar-refractivity contribution in [2.24, 2.45) is 0 Å². The van der Waals surface area contributed by atoms with E-state index in [-0.39, 0.29) is 4.21 Å². The van der Waals surface area contributed by atoms with Gasteiger partial charge in [-0.2, -0.15) is 4.31 Å². The molecule has 0 saturated heterocycles. The Kier molecular flexibility index (Phi) is 4.92. The third kappa shape index (κ3) is 3.26. The van der Waals surface area contributed by atoms with Crippen LogP contribution in [0, 0.1) is 6.92 Å². The Hall–Kier alpha value is -0.400. The first-order chi connectivity index (χ1) is 9.32. The van der Waals surface area contributed by atoms with Crippen molar-refractivity contribution in [1.29, 1.82) is 0 Å². The van der Waals surface area contributed by atoms with Crippen molar-refractivity contribution >= 4 is 48.9 Å². The van der Waals surface area contributed by atoms with Gasteiger partial charge >= 0.3 is 0 Å². The summed E-state index contributed by atoms with van der Waals surface area (Å²) in [5, 5.41) is 0. The van der Waals surface area contributed by atoms with Gasteiger partial charge in [-0.05, 0) is 30.2 Å². The number of halogens is 2. The van der Waals surface area contributed by atoms with Gasteiger partial charge in [0.2, 0.25) is 0 Å². The molecule has 0 N–H and O–H groups in total. The fraction of sp³-hybridized carbons (Fsp3) is 0.231. The van der Waals surface area contributed by atoms with Crippen molar-refractivity contribution in [2.45, 2.75) is 17.7 Å². The highest BCUT2D eigenvalue weighted by Crippen LogP contribution is 2.32. The first-order valence-corrected chi connectivity index (χ1v) is 9.21. The van der Waals surface area contributed by atoms with Crippen LogP contribution in [0.25, 0.3) is 0 Å². The Morgan fingerprint density at radius 2 is 2.00 bits per heavy atom. The maximum Gasteiger partial charge on any atom is 0.252 e. The molecule has 1 heterocycles. The summed E-state index contributed by atoms with van der Waals surface area (Å²) < 4.78 is 28.0. The molecular weight excluding hydrogens is 382 g/mol. The van der Waals surface area contributed by atoms with E-state index in [2.05, 4.69) is 15.9 Å². The summed E-state index contributed by atoms with van der Waals surface area (Å²) in [6.45, 7) is 2.10. The molecule has 0 aliphatic heterocycles. The second kappa shape index (κ2) is 6.15. The predicted molar refractivity (Wildman–Crippen MR) is 86.9 cm³/mol. The van der Waals surface area contributed by atoms with Crippen molar-refractivity contribution < 1.29 is 8.42 Å². The molecule has 3 nitrogen and oxygen atoms in total. The van der Waals surface area contributed by atoms with E-state index < -0.39 is 10.0 Å². The van der Waals surface area contributed by atoms with Crippen molar-refractivity contribution in [3.8, 4) is 0 Å². The first kappa shape index (κ1) is 16.0. The van der Waals surface area contributed by atoms with Crippen LogP contribution < -0.4 is 0 Å². The fourth-order valence-electron chi connectivity index (χ4n) is 1.66. The SMILES string of the molecule is Cc1cc(S(=O)(=O)N(C)Cc2ccccc2Br)sc1Cl. The number of nitrogens with zero attached hydrogens (tertiary/aromatic N) is 1.